The first-order chi connectivity index (χ1) is 6.02. The molecule has 0 spiro atoms. The van der Waals surface area contributed by atoms with E-state index in [0.29, 0.717) is 0 Å². The van der Waals surface area contributed by atoms with Gasteiger partial charge in [-0.2, -0.15) is 0 Å². The second-order valence-electron chi connectivity index (χ2n) is 3.30. The van der Waals surface area contributed by atoms with Crippen molar-refractivity contribution >= 4 is 5.91 Å². The van der Waals surface area contributed by atoms with E-state index >= 15 is 0 Å². The molecule has 0 radical (unpaired) electrons. The van der Waals surface area contributed by atoms with E-state index in [0.717, 1.165) is 5.56 Å². The van der Waals surface area contributed by atoms with E-state index < -0.39 is 11.5 Å². The van der Waals surface area contributed by atoms with Crippen LogP contribution in [0.4, 0.5) is 0 Å². The zero-order chi connectivity index (χ0) is 9.90. The third kappa shape index (κ3) is 2.56. The molecule has 1 atom stereocenters. The summed E-state index contributed by atoms with van der Waals surface area (Å²) in [6.07, 6.45) is 0.253. The maximum absolute atomic E-state index is 10.8. The molecule has 3 N–H and O–H groups in total. The van der Waals surface area contributed by atoms with Crippen LogP contribution in [0.5, 0.6) is 0 Å². The van der Waals surface area contributed by atoms with E-state index in [2.05, 4.69) is 0 Å². The second kappa shape index (κ2) is 3.58. The Bertz CT molecular complexity index is 293. The van der Waals surface area contributed by atoms with E-state index in [-0.39, 0.29) is 6.42 Å². The van der Waals surface area contributed by atoms with E-state index in [1.54, 1.807) is 0 Å². The molecule has 1 rings (SSSR count). The van der Waals surface area contributed by atoms with Crippen LogP contribution in [0.3, 0.4) is 0 Å². The molecule has 0 aliphatic carbocycles. The third-order valence-corrected chi connectivity index (χ3v) is 1.92. The molecule has 13 heavy (non-hydrogen) atoms. The average molecular weight is 179 g/mol. The number of aliphatic hydroxyl groups is 1. The predicted octanol–water partition coefficient (Wildman–Crippen LogP) is 0.465. The summed E-state index contributed by atoms with van der Waals surface area (Å²) in [6.45, 7) is 1.42. The molecular weight excluding hydrogens is 166 g/mol. The topological polar surface area (TPSA) is 63.3 Å². The van der Waals surface area contributed by atoms with Crippen molar-refractivity contribution in [3.63, 3.8) is 0 Å². The van der Waals surface area contributed by atoms with E-state index in [1.807, 2.05) is 30.3 Å². The number of hydrogen-bond donors (Lipinski definition) is 2. The van der Waals surface area contributed by atoms with Crippen LogP contribution in [0.1, 0.15) is 12.5 Å². The molecule has 0 bridgehead atoms. The first kappa shape index (κ1) is 9.74. The fourth-order valence-electron chi connectivity index (χ4n) is 1.08. The summed E-state index contributed by atoms with van der Waals surface area (Å²) >= 11 is 0. The number of nitrogens with two attached hydrogens (primary N) is 1. The first-order valence-corrected chi connectivity index (χ1v) is 4.08. The third-order valence-electron chi connectivity index (χ3n) is 1.92. The normalized spacial score (nSPS) is 14.9. The summed E-state index contributed by atoms with van der Waals surface area (Å²) < 4.78 is 0. The van der Waals surface area contributed by atoms with Crippen LogP contribution in [0.25, 0.3) is 0 Å². The van der Waals surface area contributed by atoms with Gasteiger partial charge in [-0.3, -0.25) is 4.79 Å². The standard InChI is InChI=1S/C10H13NO2/c1-10(13,9(11)12)7-8-5-3-2-4-6-8/h2-6,13H,7H2,1H3,(H2,11,12)/t10-/m0/s1. The number of carbonyl (C=O) groups excluding carboxylic acids is 1. The number of rotatable bonds is 3. The number of primary amides is 1. The van der Waals surface area contributed by atoms with Gasteiger partial charge in [0.15, 0.2) is 0 Å². The molecule has 0 aliphatic heterocycles. The van der Waals surface area contributed by atoms with Gasteiger partial charge < -0.3 is 10.8 Å². The van der Waals surface area contributed by atoms with Crippen molar-refractivity contribution in [3.05, 3.63) is 35.9 Å². The molecule has 1 amide bonds. The summed E-state index contributed by atoms with van der Waals surface area (Å²) in [5.41, 5.74) is 4.47. The van der Waals surface area contributed by atoms with Gasteiger partial charge in [0.25, 0.3) is 0 Å². The van der Waals surface area contributed by atoms with Gasteiger partial charge in [0, 0.05) is 6.42 Å². The van der Waals surface area contributed by atoms with Gasteiger partial charge in [-0.05, 0) is 12.5 Å². The molecule has 0 unspecified atom stereocenters. The fourth-order valence-corrected chi connectivity index (χ4v) is 1.08. The molecule has 3 heteroatoms. The highest BCUT2D eigenvalue weighted by Gasteiger charge is 2.27. The number of hydrogen-bond acceptors (Lipinski definition) is 2. The van der Waals surface area contributed by atoms with Gasteiger partial charge in [0.2, 0.25) is 5.91 Å². The molecule has 0 saturated carbocycles. The first-order valence-electron chi connectivity index (χ1n) is 4.08. The van der Waals surface area contributed by atoms with Crippen molar-refractivity contribution in [1.29, 1.82) is 0 Å². The quantitative estimate of drug-likeness (QED) is 0.708. The highest BCUT2D eigenvalue weighted by molar-refractivity contribution is 5.82. The average Bonchev–Trinajstić information content (AvgIpc) is 2.05. The minimum absolute atomic E-state index is 0.253. The smallest absolute Gasteiger partial charge is 0.249 e. The van der Waals surface area contributed by atoms with Crippen molar-refractivity contribution in [2.24, 2.45) is 5.73 Å². The maximum Gasteiger partial charge on any atom is 0.249 e. The Morgan fingerprint density at radius 1 is 1.46 bits per heavy atom. The maximum atomic E-state index is 10.8. The van der Waals surface area contributed by atoms with Gasteiger partial charge in [-0.25, -0.2) is 0 Å². The Hall–Kier alpha value is -1.35. The Balaban J connectivity index is 2.75. The van der Waals surface area contributed by atoms with Gasteiger partial charge >= 0.3 is 0 Å². The predicted molar refractivity (Wildman–Crippen MR) is 50.0 cm³/mol. The summed E-state index contributed by atoms with van der Waals surface area (Å²) in [5.74, 6) is -0.698. The number of amides is 1. The Morgan fingerprint density at radius 2 is 2.00 bits per heavy atom. The van der Waals surface area contributed by atoms with Crippen LogP contribution in [0.2, 0.25) is 0 Å². The van der Waals surface area contributed by atoms with Crippen LogP contribution >= 0.6 is 0 Å². The summed E-state index contributed by atoms with van der Waals surface area (Å²) in [7, 11) is 0. The fraction of sp³-hybridized carbons (Fsp3) is 0.300. The lowest BCUT2D eigenvalue weighted by atomic mass is 9.96. The van der Waals surface area contributed by atoms with Crippen LogP contribution in [-0.4, -0.2) is 16.6 Å². The molecule has 0 aromatic heterocycles. The molecule has 3 nitrogen and oxygen atoms in total. The molecule has 1 aromatic carbocycles. The Morgan fingerprint density at radius 3 is 2.46 bits per heavy atom. The van der Waals surface area contributed by atoms with Gasteiger partial charge in [-0.1, -0.05) is 30.3 Å². The largest absolute Gasteiger partial charge is 0.380 e. The summed E-state index contributed by atoms with van der Waals surface area (Å²) in [5, 5.41) is 9.57. The molecule has 0 fully saturated rings. The summed E-state index contributed by atoms with van der Waals surface area (Å²) in [4.78, 5) is 10.8. The zero-order valence-electron chi connectivity index (χ0n) is 7.53. The molecule has 70 valence electrons. The van der Waals surface area contributed by atoms with E-state index in [1.165, 1.54) is 6.92 Å². The van der Waals surface area contributed by atoms with Crippen molar-refractivity contribution in [1.82, 2.24) is 0 Å². The zero-order valence-corrected chi connectivity index (χ0v) is 7.53. The Labute approximate surface area is 77.2 Å². The molecule has 0 heterocycles. The van der Waals surface area contributed by atoms with E-state index in [4.69, 9.17) is 5.73 Å². The van der Waals surface area contributed by atoms with Crippen molar-refractivity contribution in [3.8, 4) is 0 Å². The van der Waals surface area contributed by atoms with Crippen molar-refractivity contribution in [2.75, 3.05) is 0 Å². The van der Waals surface area contributed by atoms with Crippen LogP contribution in [0.15, 0.2) is 30.3 Å². The molecule has 0 aliphatic rings. The highest BCUT2D eigenvalue weighted by atomic mass is 16.3. The van der Waals surface area contributed by atoms with Gasteiger partial charge in [0.1, 0.15) is 5.60 Å². The molecule has 0 saturated heterocycles. The lowest BCUT2D eigenvalue weighted by molar-refractivity contribution is -0.134. The minimum Gasteiger partial charge on any atom is -0.380 e. The molecule has 1 aromatic rings. The van der Waals surface area contributed by atoms with Crippen LogP contribution < -0.4 is 5.73 Å². The lowest BCUT2D eigenvalue weighted by Crippen LogP contribution is -2.42. The lowest BCUT2D eigenvalue weighted by Gasteiger charge is -2.18. The second-order valence-corrected chi connectivity index (χ2v) is 3.30. The van der Waals surface area contributed by atoms with Crippen LogP contribution in [0, 0.1) is 0 Å². The highest BCUT2D eigenvalue weighted by Crippen LogP contribution is 2.11. The van der Waals surface area contributed by atoms with Crippen molar-refractivity contribution in [2.45, 2.75) is 18.9 Å². The summed E-state index contributed by atoms with van der Waals surface area (Å²) in [6, 6.07) is 9.27. The van der Waals surface area contributed by atoms with Gasteiger partial charge in [-0.15, -0.1) is 0 Å². The minimum atomic E-state index is -1.46. The van der Waals surface area contributed by atoms with E-state index in [9.17, 15) is 9.90 Å². The Kier molecular flexibility index (Phi) is 2.68. The number of carbonyl (C=O) groups is 1. The van der Waals surface area contributed by atoms with Gasteiger partial charge in [0.05, 0.1) is 0 Å². The monoisotopic (exact) mass is 179 g/mol. The van der Waals surface area contributed by atoms with Crippen LogP contribution in [-0.2, 0) is 11.2 Å². The van der Waals surface area contributed by atoms with Crippen molar-refractivity contribution < 1.29 is 9.90 Å². The number of benzene rings is 1. The molecular formula is C10H13NO2. The SMILES string of the molecule is C[C@](O)(Cc1ccccc1)C(N)=O.